The van der Waals surface area contributed by atoms with Crippen molar-refractivity contribution >= 4 is 29.1 Å². The van der Waals surface area contributed by atoms with E-state index < -0.39 is 0 Å². The summed E-state index contributed by atoms with van der Waals surface area (Å²) in [4.78, 5) is 33.4. The van der Waals surface area contributed by atoms with E-state index in [0.717, 1.165) is 30.4 Å². The van der Waals surface area contributed by atoms with Crippen LogP contribution < -0.4 is 14.7 Å². The number of piperazine rings is 1. The molecule has 31 heavy (non-hydrogen) atoms. The van der Waals surface area contributed by atoms with E-state index in [0.29, 0.717) is 32.7 Å². The Morgan fingerprint density at radius 1 is 1.00 bits per heavy atom. The number of carbonyl (C=O) groups is 2. The number of aromatic nitrogens is 2. The number of anilines is 3. The SMILES string of the molecule is CCN(CC)c1ccc(N2CCN(C(=O)C3CC(=O)N(c4ccccc4)C3)CC2)nn1. The summed E-state index contributed by atoms with van der Waals surface area (Å²) >= 11 is 0. The second-order valence-corrected chi connectivity index (χ2v) is 7.98. The average molecular weight is 423 g/mol. The number of amides is 2. The van der Waals surface area contributed by atoms with Crippen LogP contribution >= 0.6 is 0 Å². The molecule has 0 aliphatic carbocycles. The Balaban J connectivity index is 1.33. The Kier molecular flexibility index (Phi) is 6.34. The summed E-state index contributed by atoms with van der Waals surface area (Å²) in [6.07, 6.45) is 0.284. The second kappa shape index (κ2) is 9.32. The Morgan fingerprint density at radius 3 is 2.32 bits per heavy atom. The topological polar surface area (TPSA) is 72.9 Å². The molecule has 0 bridgehead atoms. The molecule has 8 nitrogen and oxygen atoms in total. The molecule has 8 heteroatoms. The van der Waals surface area contributed by atoms with Crippen molar-refractivity contribution in [3.05, 3.63) is 42.5 Å². The van der Waals surface area contributed by atoms with Gasteiger partial charge in [0.1, 0.15) is 0 Å². The van der Waals surface area contributed by atoms with Gasteiger partial charge in [-0.2, -0.15) is 0 Å². The van der Waals surface area contributed by atoms with Crippen molar-refractivity contribution < 1.29 is 9.59 Å². The van der Waals surface area contributed by atoms with E-state index in [1.54, 1.807) is 4.90 Å². The lowest BCUT2D eigenvalue weighted by Crippen LogP contribution is -2.51. The fourth-order valence-electron chi connectivity index (χ4n) is 4.35. The van der Waals surface area contributed by atoms with Gasteiger partial charge in [0.05, 0.1) is 5.92 Å². The van der Waals surface area contributed by atoms with Gasteiger partial charge in [-0.25, -0.2) is 0 Å². The number of nitrogens with zero attached hydrogens (tertiary/aromatic N) is 6. The molecule has 1 unspecified atom stereocenters. The predicted octanol–water partition coefficient (Wildman–Crippen LogP) is 2.02. The zero-order valence-corrected chi connectivity index (χ0v) is 18.3. The molecule has 1 atom stereocenters. The zero-order valence-electron chi connectivity index (χ0n) is 18.3. The van der Waals surface area contributed by atoms with Crippen molar-refractivity contribution in [1.82, 2.24) is 15.1 Å². The monoisotopic (exact) mass is 422 g/mol. The van der Waals surface area contributed by atoms with Crippen LogP contribution in [0.5, 0.6) is 0 Å². The van der Waals surface area contributed by atoms with Gasteiger partial charge in [0.25, 0.3) is 0 Å². The van der Waals surface area contributed by atoms with Gasteiger partial charge >= 0.3 is 0 Å². The molecule has 0 radical (unpaired) electrons. The van der Waals surface area contributed by atoms with E-state index in [4.69, 9.17) is 0 Å². The summed E-state index contributed by atoms with van der Waals surface area (Å²) in [5.41, 5.74) is 0.861. The van der Waals surface area contributed by atoms with Gasteiger partial charge in [-0.05, 0) is 38.1 Å². The van der Waals surface area contributed by atoms with Gasteiger partial charge in [-0.3, -0.25) is 9.59 Å². The Labute approximate surface area is 183 Å². The smallest absolute Gasteiger partial charge is 0.228 e. The minimum absolute atomic E-state index is 0.0201. The number of para-hydroxylation sites is 1. The molecule has 0 N–H and O–H groups in total. The van der Waals surface area contributed by atoms with Gasteiger partial charge in [0.15, 0.2) is 11.6 Å². The third kappa shape index (κ3) is 4.47. The van der Waals surface area contributed by atoms with Crippen LogP contribution in [0, 0.1) is 5.92 Å². The highest BCUT2D eigenvalue weighted by Gasteiger charge is 2.38. The van der Waals surface area contributed by atoms with Crippen LogP contribution in [0.2, 0.25) is 0 Å². The third-order valence-electron chi connectivity index (χ3n) is 6.18. The van der Waals surface area contributed by atoms with E-state index in [9.17, 15) is 9.59 Å². The van der Waals surface area contributed by atoms with Gasteiger partial charge in [0.2, 0.25) is 11.8 Å². The van der Waals surface area contributed by atoms with Crippen molar-refractivity contribution in [2.45, 2.75) is 20.3 Å². The highest BCUT2D eigenvalue weighted by molar-refractivity contribution is 6.00. The molecule has 2 fully saturated rings. The molecule has 2 aliphatic rings. The lowest BCUT2D eigenvalue weighted by molar-refractivity contribution is -0.136. The molecular weight excluding hydrogens is 392 g/mol. The molecule has 2 aromatic rings. The second-order valence-electron chi connectivity index (χ2n) is 7.98. The van der Waals surface area contributed by atoms with E-state index in [1.807, 2.05) is 47.4 Å². The van der Waals surface area contributed by atoms with Gasteiger partial charge < -0.3 is 19.6 Å². The highest BCUT2D eigenvalue weighted by Crippen LogP contribution is 2.27. The summed E-state index contributed by atoms with van der Waals surface area (Å²) in [5, 5.41) is 8.77. The van der Waals surface area contributed by atoms with Crippen LogP contribution in [0.25, 0.3) is 0 Å². The predicted molar refractivity (Wildman–Crippen MR) is 121 cm³/mol. The molecule has 2 saturated heterocycles. The lowest BCUT2D eigenvalue weighted by Gasteiger charge is -2.36. The summed E-state index contributed by atoms with van der Waals surface area (Å²) < 4.78 is 0. The molecular formula is C23H30N6O2. The molecule has 4 rings (SSSR count). The van der Waals surface area contributed by atoms with Gasteiger partial charge in [0, 0.05) is 57.9 Å². The highest BCUT2D eigenvalue weighted by atomic mass is 16.2. The first-order valence-electron chi connectivity index (χ1n) is 11.1. The maximum absolute atomic E-state index is 13.0. The first kappa shape index (κ1) is 21.1. The summed E-state index contributed by atoms with van der Waals surface area (Å²) in [7, 11) is 0. The minimum atomic E-state index is -0.271. The largest absolute Gasteiger partial charge is 0.356 e. The van der Waals surface area contributed by atoms with E-state index in [2.05, 4.69) is 33.8 Å². The fourth-order valence-corrected chi connectivity index (χ4v) is 4.35. The first-order chi connectivity index (χ1) is 15.1. The fraction of sp³-hybridized carbons (Fsp3) is 0.478. The molecule has 3 heterocycles. The van der Waals surface area contributed by atoms with Gasteiger partial charge in [-0.15, -0.1) is 10.2 Å². The van der Waals surface area contributed by atoms with Gasteiger partial charge in [-0.1, -0.05) is 18.2 Å². The van der Waals surface area contributed by atoms with Crippen LogP contribution in [0.15, 0.2) is 42.5 Å². The maximum atomic E-state index is 13.0. The molecule has 0 spiro atoms. The van der Waals surface area contributed by atoms with Crippen molar-refractivity contribution in [2.24, 2.45) is 5.92 Å². The number of carbonyl (C=O) groups excluding carboxylic acids is 2. The minimum Gasteiger partial charge on any atom is -0.356 e. The first-order valence-corrected chi connectivity index (χ1v) is 11.1. The van der Waals surface area contributed by atoms with Crippen LogP contribution in [0.4, 0.5) is 17.3 Å². The van der Waals surface area contributed by atoms with Crippen molar-refractivity contribution in [1.29, 1.82) is 0 Å². The molecule has 164 valence electrons. The molecule has 0 saturated carbocycles. The van der Waals surface area contributed by atoms with E-state index in [-0.39, 0.29) is 24.2 Å². The summed E-state index contributed by atoms with van der Waals surface area (Å²) in [6, 6.07) is 13.6. The number of benzene rings is 1. The van der Waals surface area contributed by atoms with Crippen molar-refractivity contribution in [2.75, 3.05) is 60.5 Å². The van der Waals surface area contributed by atoms with E-state index >= 15 is 0 Å². The molecule has 2 aliphatic heterocycles. The number of hydrogen-bond donors (Lipinski definition) is 0. The van der Waals surface area contributed by atoms with Crippen LogP contribution in [0.3, 0.4) is 0 Å². The van der Waals surface area contributed by atoms with Crippen LogP contribution in [0.1, 0.15) is 20.3 Å². The zero-order chi connectivity index (χ0) is 21.8. The quantitative estimate of drug-likeness (QED) is 0.709. The van der Waals surface area contributed by atoms with Crippen LogP contribution in [-0.4, -0.2) is 72.7 Å². The average Bonchev–Trinajstić information content (AvgIpc) is 3.22. The number of hydrogen-bond acceptors (Lipinski definition) is 6. The molecule has 1 aromatic heterocycles. The van der Waals surface area contributed by atoms with Crippen molar-refractivity contribution in [3.8, 4) is 0 Å². The molecule has 2 amide bonds. The Morgan fingerprint density at radius 2 is 1.71 bits per heavy atom. The van der Waals surface area contributed by atoms with Crippen LogP contribution in [-0.2, 0) is 9.59 Å². The van der Waals surface area contributed by atoms with Crippen molar-refractivity contribution in [3.63, 3.8) is 0 Å². The standard InChI is InChI=1S/C23H30N6O2/c1-3-26(4-2)20-10-11-21(25-24-20)27-12-14-28(15-13-27)23(31)18-16-22(30)29(17-18)19-8-6-5-7-9-19/h5-11,18H,3-4,12-17H2,1-2H3. The lowest BCUT2D eigenvalue weighted by atomic mass is 10.1. The Hall–Kier alpha value is -3.16. The summed E-state index contributed by atoms with van der Waals surface area (Å²) in [5.74, 6) is 1.55. The summed E-state index contributed by atoms with van der Waals surface area (Å²) in [6.45, 7) is 9.16. The maximum Gasteiger partial charge on any atom is 0.228 e. The molecule has 1 aromatic carbocycles. The van der Waals surface area contributed by atoms with E-state index in [1.165, 1.54) is 0 Å². The third-order valence-corrected chi connectivity index (χ3v) is 6.18. The Bertz CT molecular complexity index is 892. The number of rotatable bonds is 6. The normalized spacial score (nSPS) is 19.1.